The molecule has 5 aromatic rings. The second-order valence-corrected chi connectivity index (χ2v) is 9.06. The van der Waals surface area contributed by atoms with Crippen molar-refractivity contribution < 1.29 is 4.79 Å². The summed E-state index contributed by atoms with van der Waals surface area (Å²) in [6.07, 6.45) is 0.744. The summed E-state index contributed by atoms with van der Waals surface area (Å²) in [5.74, 6) is -0.0801. The summed E-state index contributed by atoms with van der Waals surface area (Å²) in [7, 11) is 0. The molecule has 1 N–H and O–H groups in total. The van der Waals surface area contributed by atoms with Gasteiger partial charge in [-0.15, -0.1) is 11.3 Å². The number of hydrogen-bond acceptors (Lipinski definition) is 4. The molecule has 5 rings (SSSR count). The highest BCUT2D eigenvalue weighted by Gasteiger charge is 2.12. The zero-order chi connectivity index (χ0) is 22.8. The lowest BCUT2D eigenvalue weighted by Crippen LogP contribution is -2.30. The van der Waals surface area contributed by atoms with Gasteiger partial charge in [0.15, 0.2) is 5.43 Å². The molecule has 2 heterocycles. The largest absolute Gasteiger partial charge is 0.354 e. The fraction of sp³-hybridized carbons (Fsp3) is 0.148. The van der Waals surface area contributed by atoms with E-state index in [-0.39, 0.29) is 17.9 Å². The first-order valence-corrected chi connectivity index (χ1v) is 11.8. The molecule has 0 unspecified atom stereocenters. The maximum atomic E-state index is 12.9. The highest BCUT2D eigenvalue weighted by atomic mass is 32.1. The van der Waals surface area contributed by atoms with Crippen molar-refractivity contribution in [3.63, 3.8) is 0 Å². The Morgan fingerprint density at radius 1 is 0.939 bits per heavy atom. The molecular formula is C27H23N3O2S. The van der Waals surface area contributed by atoms with E-state index in [4.69, 9.17) is 0 Å². The summed E-state index contributed by atoms with van der Waals surface area (Å²) in [4.78, 5) is 30.2. The predicted molar refractivity (Wildman–Crippen MR) is 135 cm³/mol. The van der Waals surface area contributed by atoms with Crippen molar-refractivity contribution in [1.29, 1.82) is 0 Å². The van der Waals surface area contributed by atoms with Gasteiger partial charge in [-0.25, -0.2) is 4.98 Å². The first-order chi connectivity index (χ1) is 16.1. The molecule has 0 spiro atoms. The van der Waals surface area contributed by atoms with E-state index in [1.807, 2.05) is 60.0 Å². The van der Waals surface area contributed by atoms with Crippen LogP contribution in [0.3, 0.4) is 0 Å². The van der Waals surface area contributed by atoms with E-state index in [0.717, 1.165) is 39.3 Å². The second kappa shape index (κ2) is 9.00. The number of carbonyl (C=O) groups is 1. The van der Waals surface area contributed by atoms with Gasteiger partial charge < -0.3 is 9.88 Å². The molecule has 164 valence electrons. The maximum absolute atomic E-state index is 12.9. The van der Waals surface area contributed by atoms with Crippen LogP contribution in [0.2, 0.25) is 0 Å². The van der Waals surface area contributed by atoms with Gasteiger partial charge in [-0.3, -0.25) is 9.59 Å². The number of rotatable bonds is 6. The first-order valence-electron chi connectivity index (χ1n) is 10.9. The standard InChI is InChI=1S/C27H23N3O2S/c1-18-29-23(17-33-18)20-12-10-19(11-13-20)14-15-28-26(31)16-30-24-8-4-2-6-21(24)27(32)22-7-3-5-9-25(22)30/h2-13,17H,14-16H2,1H3,(H,28,31). The third-order valence-electron chi connectivity index (χ3n) is 5.79. The van der Waals surface area contributed by atoms with Gasteiger partial charge in [-0.1, -0.05) is 48.5 Å². The number of benzene rings is 3. The molecular weight excluding hydrogens is 430 g/mol. The molecule has 33 heavy (non-hydrogen) atoms. The summed E-state index contributed by atoms with van der Waals surface area (Å²) in [5.41, 5.74) is 4.79. The Kier molecular flexibility index (Phi) is 5.75. The zero-order valence-corrected chi connectivity index (χ0v) is 19.1. The second-order valence-electron chi connectivity index (χ2n) is 8.00. The Bertz CT molecular complexity index is 1460. The zero-order valence-electron chi connectivity index (χ0n) is 18.2. The first kappa shape index (κ1) is 21.1. The molecule has 3 aromatic carbocycles. The Labute approximate surface area is 195 Å². The molecule has 1 amide bonds. The van der Waals surface area contributed by atoms with Crippen molar-refractivity contribution in [3.8, 4) is 11.3 Å². The van der Waals surface area contributed by atoms with Crippen LogP contribution < -0.4 is 10.7 Å². The summed E-state index contributed by atoms with van der Waals surface area (Å²) >= 11 is 1.65. The van der Waals surface area contributed by atoms with Crippen molar-refractivity contribution in [3.05, 3.63) is 99.0 Å². The Balaban J connectivity index is 1.29. The quantitative estimate of drug-likeness (QED) is 0.370. The number of para-hydroxylation sites is 2. The minimum atomic E-state index is -0.0801. The van der Waals surface area contributed by atoms with E-state index in [1.165, 1.54) is 0 Å². The van der Waals surface area contributed by atoms with Gasteiger partial charge in [0.25, 0.3) is 0 Å². The average Bonchev–Trinajstić information content (AvgIpc) is 3.28. The molecule has 0 saturated heterocycles. The van der Waals surface area contributed by atoms with E-state index in [0.29, 0.717) is 17.3 Å². The van der Waals surface area contributed by atoms with E-state index >= 15 is 0 Å². The van der Waals surface area contributed by atoms with Crippen LogP contribution >= 0.6 is 11.3 Å². The van der Waals surface area contributed by atoms with Gasteiger partial charge in [-0.05, 0) is 43.2 Å². The summed E-state index contributed by atoms with van der Waals surface area (Å²) in [5, 5.41) is 7.39. The van der Waals surface area contributed by atoms with Gasteiger partial charge in [0.1, 0.15) is 6.54 Å². The van der Waals surface area contributed by atoms with Crippen LogP contribution in [0.5, 0.6) is 0 Å². The highest BCUT2D eigenvalue weighted by molar-refractivity contribution is 7.09. The number of fused-ring (bicyclic) bond motifs is 2. The van der Waals surface area contributed by atoms with Crippen LogP contribution in [0.1, 0.15) is 10.6 Å². The number of hydrogen-bond donors (Lipinski definition) is 1. The number of amides is 1. The average molecular weight is 454 g/mol. The summed E-state index contributed by atoms with van der Waals surface area (Å²) in [6.45, 7) is 2.71. The number of carbonyl (C=O) groups excluding carboxylic acids is 1. The van der Waals surface area contributed by atoms with Crippen LogP contribution in [0.25, 0.3) is 33.1 Å². The van der Waals surface area contributed by atoms with Crippen molar-refractivity contribution in [2.75, 3.05) is 6.54 Å². The minimum Gasteiger partial charge on any atom is -0.354 e. The van der Waals surface area contributed by atoms with E-state index in [1.54, 1.807) is 11.3 Å². The van der Waals surface area contributed by atoms with Crippen LogP contribution in [0.4, 0.5) is 0 Å². The molecule has 0 radical (unpaired) electrons. The van der Waals surface area contributed by atoms with Crippen molar-refractivity contribution in [2.45, 2.75) is 19.9 Å². The molecule has 0 aliphatic rings. The van der Waals surface area contributed by atoms with Crippen LogP contribution in [0.15, 0.2) is 83.0 Å². The lowest BCUT2D eigenvalue weighted by molar-refractivity contribution is -0.121. The number of nitrogens with one attached hydrogen (secondary N) is 1. The number of aryl methyl sites for hydroxylation is 1. The third-order valence-corrected chi connectivity index (χ3v) is 6.56. The van der Waals surface area contributed by atoms with Crippen molar-refractivity contribution in [1.82, 2.24) is 14.9 Å². The van der Waals surface area contributed by atoms with Gasteiger partial charge in [-0.2, -0.15) is 0 Å². The number of thiazole rings is 1. The topological polar surface area (TPSA) is 64.0 Å². The lowest BCUT2D eigenvalue weighted by Gasteiger charge is -2.15. The number of nitrogens with zero attached hydrogens (tertiary/aromatic N) is 2. The van der Waals surface area contributed by atoms with Crippen molar-refractivity contribution >= 4 is 39.0 Å². The van der Waals surface area contributed by atoms with Crippen LogP contribution in [-0.4, -0.2) is 22.0 Å². The maximum Gasteiger partial charge on any atom is 0.239 e. The smallest absolute Gasteiger partial charge is 0.239 e. The Hall–Kier alpha value is -3.77. The lowest BCUT2D eigenvalue weighted by atomic mass is 10.1. The molecule has 5 nitrogen and oxygen atoms in total. The highest BCUT2D eigenvalue weighted by Crippen LogP contribution is 2.22. The van der Waals surface area contributed by atoms with Gasteiger partial charge in [0.05, 0.1) is 21.7 Å². The molecule has 0 bridgehead atoms. The predicted octanol–water partition coefficient (Wildman–Crippen LogP) is 4.95. The van der Waals surface area contributed by atoms with Crippen molar-refractivity contribution in [2.24, 2.45) is 0 Å². The fourth-order valence-corrected chi connectivity index (χ4v) is 4.75. The summed E-state index contributed by atoms with van der Waals surface area (Å²) < 4.78 is 1.92. The number of pyridine rings is 1. The Morgan fingerprint density at radius 2 is 1.58 bits per heavy atom. The van der Waals surface area contributed by atoms with E-state index < -0.39 is 0 Å². The van der Waals surface area contributed by atoms with E-state index in [9.17, 15) is 9.59 Å². The summed E-state index contributed by atoms with van der Waals surface area (Å²) in [6, 6.07) is 23.2. The SMILES string of the molecule is Cc1nc(-c2ccc(CCNC(=O)Cn3c4ccccc4c(=O)c4ccccc43)cc2)cs1. The van der Waals surface area contributed by atoms with Crippen LogP contribution in [0, 0.1) is 6.92 Å². The Morgan fingerprint density at radius 3 is 2.18 bits per heavy atom. The molecule has 0 saturated carbocycles. The monoisotopic (exact) mass is 453 g/mol. The molecule has 2 aromatic heterocycles. The minimum absolute atomic E-state index is 0.00545. The molecule has 6 heteroatoms. The molecule has 0 atom stereocenters. The third kappa shape index (κ3) is 4.30. The van der Waals surface area contributed by atoms with Gasteiger partial charge in [0, 0.05) is 28.3 Å². The van der Waals surface area contributed by atoms with Crippen LogP contribution in [-0.2, 0) is 17.8 Å². The van der Waals surface area contributed by atoms with E-state index in [2.05, 4.69) is 39.9 Å². The number of aromatic nitrogens is 2. The fourth-order valence-electron chi connectivity index (χ4n) is 4.13. The molecule has 0 aliphatic heterocycles. The molecule has 0 aliphatic carbocycles. The molecule has 0 fully saturated rings. The van der Waals surface area contributed by atoms with Gasteiger partial charge >= 0.3 is 0 Å². The van der Waals surface area contributed by atoms with Gasteiger partial charge in [0.2, 0.25) is 5.91 Å². The normalized spacial score (nSPS) is 11.2.